The molecule has 1 aromatic rings. The van der Waals surface area contributed by atoms with Crippen molar-refractivity contribution in [3.05, 3.63) is 18.1 Å². The van der Waals surface area contributed by atoms with Crippen LogP contribution in [0.4, 0.5) is 0 Å². The van der Waals surface area contributed by atoms with Crippen LogP contribution in [0.2, 0.25) is 0 Å². The summed E-state index contributed by atoms with van der Waals surface area (Å²) < 4.78 is 5.50. The molecule has 0 atom stereocenters. The number of rotatable bonds is 2. The van der Waals surface area contributed by atoms with Crippen molar-refractivity contribution in [1.82, 2.24) is 9.97 Å². The summed E-state index contributed by atoms with van der Waals surface area (Å²) in [5.41, 5.74) is 0.411. The minimum atomic E-state index is 0.252. The molecule has 0 aromatic carbocycles. The quantitative estimate of drug-likeness (QED) is 0.679. The van der Waals surface area contributed by atoms with Gasteiger partial charge < -0.3 is 4.74 Å². The fraction of sp³-hybridized carbons (Fsp3) is 0.444. The SMILES string of the molecule is N#Cc1cncnc1OC1CCC1. The van der Waals surface area contributed by atoms with E-state index in [1.54, 1.807) is 0 Å². The van der Waals surface area contributed by atoms with E-state index in [4.69, 9.17) is 10.00 Å². The van der Waals surface area contributed by atoms with Crippen molar-refractivity contribution in [3.63, 3.8) is 0 Å². The largest absolute Gasteiger partial charge is 0.473 e. The van der Waals surface area contributed by atoms with E-state index in [1.165, 1.54) is 18.9 Å². The van der Waals surface area contributed by atoms with Gasteiger partial charge in [-0.15, -0.1) is 0 Å². The lowest BCUT2D eigenvalue weighted by atomic mass is 9.96. The zero-order valence-corrected chi connectivity index (χ0v) is 7.10. The highest BCUT2D eigenvalue weighted by molar-refractivity contribution is 5.34. The van der Waals surface area contributed by atoms with E-state index in [0.29, 0.717) is 11.4 Å². The van der Waals surface area contributed by atoms with E-state index >= 15 is 0 Å². The molecular formula is C9H9N3O. The normalized spacial score (nSPS) is 15.9. The average Bonchev–Trinajstić information content (AvgIpc) is 2.12. The van der Waals surface area contributed by atoms with Gasteiger partial charge in [0.05, 0.1) is 6.20 Å². The van der Waals surface area contributed by atoms with Gasteiger partial charge >= 0.3 is 0 Å². The Balaban J connectivity index is 2.14. The van der Waals surface area contributed by atoms with Crippen LogP contribution in [-0.4, -0.2) is 16.1 Å². The highest BCUT2D eigenvalue weighted by atomic mass is 16.5. The molecule has 1 fully saturated rings. The van der Waals surface area contributed by atoms with Crippen LogP contribution in [0.15, 0.2) is 12.5 Å². The molecule has 1 aromatic heterocycles. The molecule has 1 aliphatic carbocycles. The van der Waals surface area contributed by atoms with Gasteiger partial charge in [0, 0.05) is 0 Å². The highest BCUT2D eigenvalue weighted by Gasteiger charge is 2.20. The smallest absolute Gasteiger partial charge is 0.235 e. The van der Waals surface area contributed by atoms with Gasteiger partial charge in [0.1, 0.15) is 24.1 Å². The third-order valence-corrected chi connectivity index (χ3v) is 2.13. The van der Waals surface area contributed by atoms with Gasteiger partial charge in [-0.2, -0.15) is 5.26 Å². The van der Waals surface area contributed by atoms with Gasteiger partial charge in [0.15, 0.2) is 0 Å². The van der Waals surface area contributed by atoms with Crippen LogP contribution in [0.5, 0.6) is 5.88 Å². The number of nitrogens with zero attached hydrogens (tertiary/aromatic N) is 3. The van der Waals surface area contributed by atoms with Crippen LogP contribution in [0.1, 0.15) is 24.8 Å². The summed E-state index contributed by atoms with van der Waals surface area (Å²) in [5, 5.41) is 8.71. The van der Waals surface area contributed by atoms with Crippen molar-refractivity contribution in [2.24, 2.45) is 0 Å². The summed E-state index contributed by atoms with van der Waals surface area (Å²) in [6, 6.07) is 2.00. The maximum absolute atomic E-state index is 8.71. The molecule has 0 unspecified atom stereocenters. The molecule has 0 radical (unpaired) electrons. The molecule has 1 heterocycles. The molecule has 4 heteroatoms. The number of hydrogen-bond acceptors (Lipinski definition) is 4. The van der Waals surface area contributed by atoms with E-state index in [-0.39, 0.29) is 6.10 Å². The third-order valence-electron chi connectivity index (χ3n) is 2.13. The lowest BCUT2D eigenvalue weighted by Gasteiger charge is -2.25. The zero-order valence-electron chi connectivity index (χ0n) is 7.10. The van der Waals surface area contributed by atoms with Crippen LogP contribution in [-0.2, 0) is 0 Å². The fourth-order valence-electron chi connectivity index (χ4n) is 1.14. The molecule has 0 N–H and O–H groups in total. The summed E-state index contributed by atoms with van der Waals surface area (Å²) in [4.78, 5) is 7.67. The van der Waals surface area contributed by atoms with Gasteiger partial charge in [-0.05, 0) is 19.3 Å². The first-order valence-corrected chi connectivity index (χ1v) is 4.27. The average molecular weight is 175 g/mol. The second kappa shape index (κ2) is 3.40. The van der Waals surface area contributed by atoms with Gasteiger partial charge in [0.2, 0.25) is 5.88 Å². The number of aromatic nitrogens is 2. The second-order valence-corrected chi connectivity index (χ2v) is 3.02. The lowest BCUT2D eigenvalue weighted by Crippen LogP contribution is -2.25. The Labute approximate surface area is 76.2 Å². The number of hydrogen-bond donors (Lipinski definition) is 0. The molecule has 0 saturated heterocycles. The Hall–Kier alpha value is -1.63. The number of nitriles is 1. The molecule has 0 amide bonds. The van der Waals surface area contributed by atoms with Crippen molar-refractivity contribution >= 4 is 0 Å². The van der Waals surface area contributed by atoms with Crippen molar-refractivity contribution in [2.75, 3.05) is 0 Å². The van der Waals surface area contributed by atoms with Gasteiger partial charge in [-0.3, -0.25) is 0 Å². The van der Waals surface area contributed by atoms with Crippen LogP contribution in [0, 0.1) is 11.3 Å². The zero-order chi connectivity index (χ0) is 9.10. The predicted octanol–water partition coefficient (Wildman–Crippen LogP) is 1.28. The van der Waals surface area contributed by atoms with Crippen molar-refractivity contribution in [3.8, 4) is 11.9 Å². The van der Waals surface area contributed by atoms with E-state index < -0.39 is 0 Å². The maximum Gasteiger partial charge on any atom is 0.235 e. The van der Waals surface area contributed by atoms with Crippen molar-refractivity contribution < 1.29 is 4.74 Å². The lowest BCUT2D eigenvalue weighted by molar-refractivity contribution is 0.114. The minimum Gasteiger partial charge on any atom is -0.473 e. The molecular weight excluding hydrogens is 166 g/mol. The standard InChI is InChI=1S/C9H9N3O/c10-4-7-5-11-6-12-9(7)13-8-2-1-3-8/h5-6,8H,1-3H2. The molecule has 2 rings (SSSR count). The third kappa shape index (κ3) is 1.59. The Kier molecular flexibility index (Phi) is 2.09. The molecule has 13 heavy (non-hydrogen) atoms. The Bertz CT molecular complexity index is 341. The summed E-state index contributed by atoms with van der Waals surface area (Å²) in [7, 11) is 0. The highest BCUT2D eigenvalue weighted by Crippen LogP contribution is 2.24. The first-order chi connectivity index (χ1) is 6.40. The second-order valence-electron chi connectivity index (χ2n) is 3.02. The molecule has 0 bridgehead atoms. The van der Waals surface area contributed by atoms with E-state index in [9.17, 15) is 0 Å². The number of ether oxygens (including phenoxy) is 1. The molecule has 0 spiro atoms. The Morgan fingerprint density at radius 1 is 1.54 bits per heavy atom. The molecule has 66 valence electrons. The topological polar surface area (TPSA) is 58.8 Å². The first-order valence-electron chi connectivity index (χ1n) is 4.27. The Morgan fingerprint density at radius 2 is 2.38 bits per heavy atom. The van der Waals surface area contributed by atoms with Crippen molar-refractivity contribution in [1.29, 1.82) is 5.26 Å². The Morgan fingerprint density at radius 3 is 3.00 bits per heavy atom. The minimum absolute atomic E-state index is 0.252. The summed E-state index contributed by atoms with van der Waals surface area (Å²) >= 11 is 0. The van der Waals surface area contributed by atoms with E-state index in [1.807, 2.05) is 6.07 Å². The molecule has 1 aliphatic rings. The monoisotopic (exact) mass is 175 g/mol. The first kappa shape index (κ1) is 7.99. The predicted molar refractivity (Wildman–Crippen MR) is 45.0 cm³/mol. The van der Waals surface area contributed by atoms with Crippen LogP contribution in [0.3, 0.4) is 0 Å². The summed E-state index contributed by atoms with van der Waals surface area (Å²) in [5.74, 6) is 0.419. The summed E-state index contributed by atoms with van der Waals surface area (Å²) in [6.07, 6.45) is 6.46. The van der Waals surface area contributed by atoms with Gasteiger partial charge in [0.25, 0.3) is 0 Å². The molecule has 4 nitrogen and oxygen atoms in total. The van der Waals surface area contributed by atoms with Crippen LogP contribution < -0.4 is 4.74 Å². The van der Waals surface area contributed by atoms with Crippen LogP contribution in [0.25, 0.3) is 0 Å². The molecule has 1 saturated carbocycles. The van der Waals surface area contributed by atoms with Crippen LogP contribution >= 0.6 is 0 Å². The van der Waals surface area contributed by atoms with Gasteiger partial charge in [-0.1, -0.05) is 0 Å². The maximum atomic E-state index is 8.71. The van der Waals surface area contributed by atoms with Crippen molar-refractivity contribution in [2.45, 2.75) is 25.4 Å². The fourth-order valence-corrected chi connectivity index (χ4v) is 1.14. The summed E-state index contributed by atoms with van der Waals surface area (Å²) in [6.45, 7) is 0. The molecule has 0 aliphatic heterocycles. The van der Waals surface area contributed by atoms with E-state index in [0.717, 1.165) is 12.8 Å². The van der Waals surface area contributed by atoms with E-state index in [2.05, 4.69) is 9.97 Å². The van der Waals surface area contributed by atoms with Gasteiger partial charge in [-0.25, -0.2) is 9.97 Å².